The smallest absolute Gasteiger partial charge is 0.126 e. The van der Waals surface area contributed by atoms with Gasteiger partial charge in [-0.1, -0.05) is 32.0 Å². The highest BCUT2D eigenvalue weighted by Gasteiger charge is 2.34. The van der Waals surface area contributed by atoms with E-state index in [1.54, 1.807) is 12.1 Å². The zero-order valence-electron chi connectivity index (χ0n) is 10.7. The third kappa shape index (κ3) is 2.68. The Kier molecular flexibility index (Phi) is 4.16. The molecule has 1 aliphatic rings. The maximum Gasteiger partial charge on any atom is 0.126 e. The van der Waals surface area contributed by atoms with E-state index >= 15 is 0 Å². The molecule has 0 aromatic heterocycles. The summed E-state index contributed by atoms with van der Waals surface area (Å²) >= 11 is 0. The lowest BCUT2D eigenvalue weighted by molar-refractivity contribution is 0.399. The zero-order valence-corrected chi connectivity index (χ0v) is 10.7. The highest BCUT2D eigenvalue weighted by Crippen LogP contribution is 2.40. The van der Waals surface area contributed by atoms with Gasteiger partial charge in [-0.3, -0.25) is 0 Å². The molecule has 17 heavy (non-hydrogen) atoms. The molecule has 0 aliphatic heterocycles. The zero-order chi connectivity index (χ0) is 12.3. The molecule has 1 N–H and O–H groups in total. The van der Waals surface area contributed by atoms with E-state index in [9.17, 15) is 4.39 Å². The van der Waals surface area contributed by atoms with Gasteiger partial charge in [0.1, 0.15) is 5.82 Å². The Labute approximate surface area is 103 Å². The van der Waals surface area contributed by atoms with E-state index in [2.05, 4.69) is 19.2 Å². The molecule has 0 bridgehead atoms. The van der Waals surface area contributed by atoms with E-state index in [-0.39, 0.29) is 5.82 Å². The van der Waals surface area contributed by atoms with Crippen molar-refractivity contribution in [2.24, 2.45) is 5.92 Å². The highest BCUT2D eigenvalue weighted by molar-refractivity contribution is 5.24. The van der Waals surface area contributed by atoms with Gasteiger partial charge in [0.05, 0.1) is 0 Å². The van der Waals surface area contributed by atoms with Crippen LogP contribution >= 0.6 is 0 Å². The second-order valence-corrected chi connectivity index (χ2v) is 5.13. The molecule has 94 valence electrons. The second kappa shape index (κ2) is 5.63. The van der Waals surface area contributed by atoms with Crippen LogP contribution in [0.5, 0.6) is 0 Å². The topological polar surface area (TPSA) is 12.0 Å². The van der Waals surface area contributed by atoms with E-state index < -0.39 is 0 Å². The summed E-state index contributed by atoms with van der Waals surface area (Å²) in [6, 6.07) is 7.79. The van der Waals surface area contributed by atoms with Crippen LogP contribution < -0.4 is 5.32 Å². The van der Waals surface area contributed by atoms with Crippen LogP contribution in [0.15, 0.2) is 24.3 Å². The summed E-state index contributed by atoms with van der Waals surface area (Å²) in [6.07, 6.45) is 3.43. The highest BCUT2D eigenvalue weighted by atomic mass is 19.1. The van der Waals surface area contributed by atoms with E-state index in [1.165, 1.54) is 6.42 Å². The Morgan fingerprint density at radius 1 is 1.29 bits per heavy atom. The minimum Gasteiger partial charge on any atom is -0.314 e. The number of benzene rings is 1. The van der Waals surface area contributed by atoms with Gasteiger partial charge in [-0.05, 0) is 49.3 Å². The third-order valence-corrected chi connectivity index (χ3v) is 4.02. The van der Waals surface area contributed by atoms with Crippen molar-refractivity contribution in [1.29, 1.82) is 0 Å². The fourth-order valence-corrected chi connectivity index (χ4v) is 3.00. The van der Waals surface area contributed by atoms with Crippen molar-refractivity contribution >= 4 is 0 Å². The van der Waals surface area contributed by atoms with Crippen LogP contribution in [0.1, 0.15) is 44.6 Å². The van der Waals surface area contributed by atoms with Crippen LogP contribution in [0.25, 0.3) is 0 Å². The van der Waals surface area contributed by atoms with Crippen LogP contribution in [0.2, 0.25) is 0 Å². The Balaban J connectivity index is 2.07. The fraction of sp³-hybridized carbons (Fsp3) is 0.600. The molecular weight excluding hydrogens is 213 g/mol. The van der Waals surface area contributed by atoms with Gasteiger partial charge < -0.3 is 5.32 Å². The lowest BCUT2D eigenvalue weighted by Gasteiger charge is -2.22. The number of halogens is 1. The van der Waals surface area contributed by atoms with Crippen molar-refractivity contribution in [2.75, 3.05) is 6.54 Å². The number of hydrogen-bond donors (Lipinski definition) is 1. The van der Waals surface area contributed by atoms with Crippen LogP contribution in [0.4, 0.5) is 4.39 Å². The van der Waals surface area contributed by atoms with Crippen molar-refractivity contribution in [3.63, 3.8) is 0 Å². The molecule has 1 aromatic rings. The first kappa shape index (κ1) is 12.6. The van der Waals surface area contributed by atoms with Gasteiger partial charge in [0.2, 0.25) is 0 Å². The first-order chi connectivity index (χ1) is 8.24. The Bertz CT molecular complexity index is 364. The molecule has 0 radical (unpaired) electrons. The largest absolute Gasteiger partial charge is 0.314 e. The van der Waals surface area contributed by atoms with Crippen molar-refractivity contribution < 1.29 is 4.39 Å². The van der Waals surface area contributed by atoms with Crippen molar-refractivity contribution in [3.05, 3.63) is 35.6 Å². The normalized spacial score (nSPS) is 28.5. The molecule has 0 saturated heterocycles. The Morgan fingerprint density at radius 2 is 2.06 bits per heavy atom. The van der Waals surface area contributed by atoms with E-state index in [4.69, 9.17) is 0 Å². The second-order valence-electron chi connectivity index (χ2n) is 5.13. The third-order valence-electron chi connectivity index (χ3n) is 4.02. The summed E-state index contributed by atoms with van der Waals surface area (Å²) in [5, 5.41) is 3.58. The minimum absolute atomic E-state index is 0.0412. The molecule has 3 unspecified atom stereocenters. The van der Waals surface area contributed by atoms with Gasteiger partial charge in [-0.15, -0.1) is 0 Å². The van der Waals surface area contributed by atoms with E-state index in [1.807, 2.05) is 12.1 Å². The maximum absolute atomic E-state index is 13.8. The van der Waals surface area contributed by atoms with Crippen molar-refractivity contribution in [1.82, 2.24) is 5.32 Å². The van der Waals surface area contributed by atoms with E-state index in [0.717, 1.165) is 24.9 Å². The fourth-order valence-electron chi connectivity index (χ4n) is 3.00. The average molecular weight is 235 g/mol. The molecule has 1 aliphatic carbocycles. The quantitative estimate of drug-likeness (QED) is 0.839. The molecule has 0 heterocycles. The van der Waals surface area contributed by atoms with Gasteiger partial charge in [0.15, 0.2) is 0 Å². The summed E-state index contributed by atoms with van der Waals surface area (Å²) in [5.41, 5.74) is 0.904. The minimum atomic E-state index is -0.0412. The number of hydrogen-bond acceptors (Lipinski definition) is 1. The molecule has 2 heteroatoms. The Hall–Kier alpha value is -0.890. The summed E-state index contributed by atoms with van der Waals surface area (Å²) in [6.45, 7) is 5.50. The monoisotopic (exact) mass is 235 g/mol. The SMILES string of the molecule is CCCNC1CCC(c2ccccc2F)C1C. The summed E-state index contributed by atoms with van der Waals surface area (Å²) in [4.78, 5) is 0. The van der Waals surface area contributed by atoms with Crippen molar-refractivity contribution in [3.8, 4) is 0 Å². The van der Waals surface area contributed by atoms with Gasteiger partial charge in [-0.2, -0.15) is 0 Å². The van der Waals surface area contributed by atoms with Crippen LogP contribution in [-0.4, -0.2) is 12.6 Å². The predicted molar refractivity (Wildman–Crippen MR) is 69.6 cm³/mol. The first-order valence-corrected chi connectivity index (χ1v) is 6.71. The van der Waals surface area contributed by atoms with E-state index in [0.29, 0.717) is 17.9 Å². The van der Waals surface area contributed by atoms with Gasteiger partial charge >= 0.3 is 0 Å². The first-order valence-electron chi connectivity index (χ1n) is 6.71. The maximum atomic E-state index is 13.8. The molecule has 2 rings (SSSR count). The summed E-state index contributed by atoms with van der Waals surface area (Å²) in [5.74, 6) is 0.865. The number of rotatable bonds is 4. The molecule has 0 spiro atoms. The molecule has 1 aromatic carbocycles. The van der Waals surface area contributed by atoms with Crippen molar-refractivity contribution in [2.45, 2.75) is 45.1 Å². The molecule has 3 atom stereocenters. The lowest BCUT2D eigenvalue weighted by Crippen LogP contribution is -2.32. The molecule has 0 amide bonds. The average Bonchev–Trinajstić information content (AvgIpc) is 2.69. The summed E-state index contributed by atoms with van der Waals surface area (Å²) < 4.78 is 13.8. The standard InChI is InChI=1S/C15H22FN/c1-3-10-17-15-9-8-12(11(15)2)13-6-4-5-7-14(13)16/h4-7,11-12,15,17H,3,8-10H2,1-2H3. The molecule has 1 nitrogen and oxygen atoms in total. The van der Waals surface area contributed by atoms with Gasteiger partial charge in [0, 0.05) is 6.04 Å². The lowest BCUT2D eigenvalue weighted by atomic mass is 9.88. The van der Waals surface area contributed by atoms with Crippen LogP contribution in [0, 0.1) is 11.7 Å². The van der Waals surface area contributed by atoms with Gasteiger partial charge in [-0.25, -0.2) is 4.39 Å². The molecule has 1 saturated carbocycles. The van der Waals surface area contributed by atoms with Crippen LogP contribution in [-0.2, 0) is 0 Å². The van der Waals surface area contributed by atoms with Gasteiger partial charge in [0.25, 0.3) is 0 Å². The van der Waals surface area contributed by atoms with Crippen LogP contribution in [0.3, 0.4) is 0 Å². The molecular formula is C15H22FN. The predicted octanol–water partition coefficient (Wildman–Crippen LogP) is 3.71. The Morgan fingerprint density at radius 3 is 2.76 bits per heavy atom. The number of nitrogens with one attached hydrogen (secondary N) is 1. The summed E-state index contributed by atoms with van der Waals surface area (Å²) in [7, 11) is 0. The molecule has 1 fully saturated rings.